The molecular formula is C17H13ClFNO2. The molecule has 0 saturated carbocycles. The lowest BCUT2D eigenvalue weighted by atomic mass is 10.0. The Morgan fingerprint density at radius 1 is 1.23 bits per heavy atom. The molecule has 0 fully saturated rings. The molecule has 0 aliphatic rings. The molecule has 1 N–H and O–H groups in total. The molecule has 112 valence electrons. The maximum Gasteiger partial charge on any atom is 0.355 e. The number of aromatic amines is 1. The Kier molecular flexibility index (Phi) is 3.86. The fourth-order valence-corrected chi connectivity index (χ4v) is 2.61. The van der Waals surface area contributed by atoms with E-state index in [4.69, 9.17) is 16.3 Å². The highest BCUT2D eigenvalue weighted by Gasteiger charge is 2.20. The minimum Gasteiger partial charge on any atom is -0.461 e. The average Bonchev–Trinajstić information content (AvgIpc) is 2.87. The fourth-order valence-electron chi connectivity index (χ4n) is 2.44. The molecule has 0 spiro atoms. The van der Waals surface area contributed by atoms with Crippen LogP contribution in [-0.2, 0) is 4.74 Å². The van der Waals surface area contributed by atoms with Crippen LogP contribution >= 0.6 is 11.6 Å². The summed E-state index contributed by atoms with van der Waals surface area (Å²) in [6.07, 6.45) is 0. The highest BCUT2D eigenvalue weighted by Crippen LogP contribution is 2.34. The number of ether oxygens (including phenoxy) is 1. The zero-order valence-electron chi connectivity index (χ0n) is 11.8. The Morgan fingerprint density at radius 2 is 1.95 bits per heavy atom. The summed E-state index contributed by atoms with van der Waals surface area (Å²) < 4.78 is 18.3. The zero-order chi connectivity index (χ0) is 15.7. The van der Waals surface area contributed by atoms with Gasteiger partial charge in [-0.3, -0.25) is 0 Å². The molecule has 0 saturated heterocycles. The molecule has 0 aliphatic heterocycles. The number of rotatable bonds is 3. The van der Waals surface area contributed by atoms with E-state index >= 15 is 0 Å². The highest BCUT2D eigenvalue weighted by molar-refractivity contribution is 6.31. The van der Waals surface area contributed by atoms with Gasteiger partial charge < -0.3 is 9.72 Å². The van der Waals surface area contributed by atoms with E-state index in [2.05, 4.69) is 4.98 Å². The number of hydrogen-bond acceptors (Lipinski definition) is 2. The molecule has 0 amide bonds. The van der Waals surface area contributed by atoms with Crippen LogP contribution in [0.5, 0.6) is 0 Å². The van der Waals surface area contributed by atoms with Crippen LogP contribution in [-0.4, -0.2) is 17.6 Å². The molecule has 2 aromatic carbocycles. The number of benzene rings is 2. The quantitative estimate of drug-likeness (QED) is 0.705. The molecule has 0 aliphatic carbocycles. The van der Waals surface area contributed by atoms with Gasteiger partial charge in [0.25, 0.3) is 0 Å². The van der Waals surface area contributed by atoms with Crippen LogP contribution in [0.4, 0.5) is 4.39 Å². The minimum atomic E-state index is -0.450. The van der Waals surface area contributed by atoms with Crippen LogP contribution in [0.1, 0.15) is 17.4 Å². The summed E-state index contributed by atoms with van der Waals surface area (Å²) in [6, 6.07) is 11.3. The van der Waals surface area contributed by atoms with Crippen molar-refractivity contribution < 1.29 is 13.9 Å². The number of carbonyl (C=O) groups excluding carboxylic acids is 1. The molecule has 1 heterocycles. The first-order chi connectivity index (χ1) is 10.6. The van der Waals surface area contributed by atoms with Crippen molar-refractivity contribution in [2.45, 2.75) is 6.92 Å². The van der Waals surface area contributed by atoms with Gasteiger partial charge in [0.15, 0.2) is 0 Å². The summed E-state index contributed by atoms with van der Waals surface area (Å²) in [5.74, 6) is -0.784. The van der Waals surface area contributed by atoms with Crippen LogP contribution in [0.25, 0.3) is 22.0 Å². The molecule has 0 unspecified atom stereocenters. The van der Waals surface area contributed by atoms with Gasteiger partial charge in [0, 0.05) is 21.5 Å². The number of nitrogens with one attached hydrogen (secondary N) is 1. The molecule has 5 heteroatoms. The van der Waals surface area contributed by atoms with Crippen molar-refractivity contribution in [3.63, 3.8) is 0 Å². The van der Waals surface area contributed by atoms with E-state index in [1.165, 1.54) is 12.1 Å². The number of fused-ring (bicyclic) bond motifs is 1. The van der Waals surface area contributed by atoms with Gasteiger partial charge in [0.05, 0.1) is 6.61 Å². The van der Waals surface area contributed by atoms with Crippen molar-refractivity contribution in [3.8, 4) is 11.1 Å². The number of carbonyl (C=O) groups is 1. The van der Waals surface area contributed by atoms with Gasteiger partial charge in [-0.25, -0.2) is 9.18 Å². The third-order valence-corrected chi connectivity index (χ3v) is 3.61. The predicted molar refractivity (Wildman–Crippen MR) is 84.7 cm³/mol. The lowest BCUT2D eigenvalue weighted by Crippen LogP contribution is -2.06. The molecule has 0 atom stereocenters. The van der Waals surface area contributed by atoms with E-state index in [0.717, 1.165) is 16.5 Å². The van der Waals surface area contributed by atoms with Gasteiger partial charge >= 0.3 is 5.97 Å². The Morgan fingerprint density at radius 3 is 2.64 bits per heavy atom. The molecule has 1 aromatic heterocycles. The van der Waals surface area contributed by atoms with Crippen LogP contribution in [0.15, 0.2) is 42.5 Å². The van der Waals surface area contributed by atoms with Crippen LogP contribution in [0.2, 0.25) is 5.02 Å². The third-order valence-electron chi connectivity index (χ3n) is 3.37. The number of aromatic nitrogens is 1. The third kappa shape index (κ3) is 2.57. The Balaban J connectivity index is 2.27. The second-order valence-corrected chi connectivity index (χ2v) is 5.23. The molecule has 3 nitrogen and oxygen atoms in total. The second-order valence-electron chi connectivity index (χ2n) is 4.79. The predicted octanol–water partition coefficient (Wildman–Crippen LogP) is 4.80. The van der Waals surface area contributed by atoms with Crippen molar-refractivity contribution in [2.75, 3.05) is 6.61 Å². The fraction of sp³-hybridized carbons (Fsp3) is 0.118. The van der Waals surface area contributed by atoms with Crippen molar-refractivity contribution in [1.29, 1.82) is 0 Å². The summed E-state index contributed by atoms with van der Waals surface area (Å²) in [5.41, 5.74) is 2.49. The lowest BCUT2D eigenvalue weighted by Gasteiger charge is -2.05. The first-order valence-electron chi connectivity index (χ1n) is 6.84. The molecule has 22 heavy (non-hydrogen) atoms. The second kappa shape index (κ2) is 5.81. The van der Waals surface area contributed by atoms with Crippen LogP contribution in [0.3, 0.4) is 0 Å². The maximum absolute atomic E-state index is 13.2. The lowest BCUT2D eigenvalue weighted by molar-refractivity contribution is 0.0521. The Bertz CT molecular complexity index is 840. The topological polar surface area (TPSA) is 42.1 Å². The SMILES string of the molecule is CCOC(=O)c1[nH]c2ccc(Cl)cc2c1-c1ccc(F)cc1. The first-order valence-corrected chi connectivity index (χ1v) is 7.22. The molecule has 3 rings (SSSR count). The van der Waals surface area contributed by atoms with Gasteiger partial charge in [0.1, 0.15) is 11.5 Å². The van der Waals surface area contributed by atoms with Crippen molar-refractivity contribution in [3.05, 3.63) is 59.0 Å². The zero-order valence-corrected chi connectivity index (χ0v) is 12.6. The highest BCUT2D eigenvalue weighted by atomic mass is 35.5. The van der Waals surface area contributed by atoms with Gasteiger partial charge in [0.2, 0.25) is 0 Å². The van der Waals surface area contributed by atoms with Crippen molar-refractivity contribution >= 4 is 28.5 Å². The average molecular weight is 318 g/mol. The van der Waals surface area contributed by atoms with Gasteiger partial charge in [-0.15, -0.1) is 0 Å². The van der Waals surface area contributed by atoms with Crippen LogP contribution in [0, 0.1) is 5.82 Å². The van der Waals surface area contributed by atoms with E-state index in [0.29, 0.717) is 16.3 Å². The van der Waals surface area contributed by atoms with E-state index in [-0.39, 0.29) is 12.4 Å². The summed E-state index contributed by atoms with van der Waals surface area (Å²) in [6.45, 7) is 2.02. The van der Waals surface area contributed by atoms with Gasteiger partial charge in [-0.1, -0.05) is 23.7 Å². The van der Waals surface area contributed by atoms with Crippen molar-refractivity contribution in [2.24, 2.45) is 0 Å². The maximum atomic E-state index is 13.2. The summed E-state index contributed by atoms with van der Waals surface area (Å²) in [7, 11) is 0. The van der Waals surface area contributed by atoms with E-state index in [1.807, 2.05) is 0 Å². The Labute approximate surface area is 131 Å². The molecule has 0 bridgehead atoms. The minimum absolute atomic E-state index is 0.276. The monoisotopic (exact) mass is 317 g/mol. The van der Waals surface area contributed by atoms with Gasteiger partial charge in [-0.2, -0.15) is 0 Å². The van der Waals surface area contributed by atoms with E-state index < -0.39 is 5.97 Å². The first kappa shape index (κ1) is 14.6. The van der Waals surface area contributed by atoms with E-state index in [9.17, 15) is 9.18 Å². The normalized spacial score (nSPS) is 10.9. The standard InChI is InChI=1S/C17H13ClFNO2/c1-2-22-17(21)16-15(10-3-6-12(19)7-4-10)13-9-11(18)5-8-14(13)20-16/h3-9,20H,2H2,1H3. The smallest absolute Gasteiger partial charge is 0.355 e. The number of H-pyrrole nitrogens is 1. The number of esters is 1. The summed E-state index contributed by atoms with van der Waals surface area (Å²) >= 11 is 6.06. The number of hydrogen-bond donors (Lipinski definition) is 1. The largest absolute Gasteiger partial charge is 0.461 e. The Hall–Kier alpha value is -2.33. The molecular weight excluding hydrogens is 305 g/mol. The van der Waals surface area contributed by atoms with Crippen molar-refractivity contribution in [1.82, 2.24) is 4.98 Å². The van der Waals surface area contributed by atoms with E-state index in [1.54, 1.807) is 37.3 Å². The molecule has 0 radical (unpaired) electrons. The summed E-state index contributed by atoms with van der Waals surface area (Å²) in [5, 5.41) is 1.35. The molecule has 3 aromatic rings. The van der Waals surface area contributed by atoms with Crippen LogP contribution < -0.4 is 0 Å². The summed E-state index contributed by atoms with van der Waals surface area (Å²) in [4.78, 5) is 15.3. The van der Waals surface area contributed by atoms with Gasteiger partial charge in [-0.05, 0) is 42.8 Å². The number of halogens is 2.